The minimum Gasteiger partial charge on any atom is -0.448 e. The van der Waals surface area contributed by atoms with Crippen LogP contribution in [0.1, 0.15) is 0 Å². The highest BCUT2D eigenvalue weighted by atomic mass is 32.2. The second-order valence-corrected chi connectivity index (χ2v) is 5.67. The number of hydrogen-bond donors (Lipinski definition) is 3. The van der Waals surface area contributed by atoms with Gasteiger partial charge >= 0.3 is 6.09 Å². The van der Waals surface area contributed by atoms with Crippen molar-refractivity contribution >= 4 is 33.1 Å². The predicted molar refractivity (Wildman–Crippen MR) is 59.5 cm³/mol. The highest BCUT2D eigenvalue weighted by Gasteiger charge is 2.15. The number of hydrogen-bond acceptors (Lipinski definition) is 6. The van der Waals surface area contributed by atoms with E-state index in [-0.39, 0.29) is 17.4 Å². The average molecular weight is 265 g/mol. The minimum atomic E-state index is -3.58. The highest BCUT2D eigenvalue weighted by Crippen LogP contribution is 2.20. The molecule has 0 unspecified atom stereocenters. The van der Waals surface area contributed by atoms with Gasteiger partial charge < -0.3 is 16.2 Å². The molecule has 9 heteroatoms. The molecule has 1 aromatic rings. The molecule has 0 aromatic carbocycles. The maximum Gasteiger partial charge on any atom is 0.404 e. The third kappa shape index (κ3) is 3.68. The van der Waals surface area contributed by atoms with Gasteiger partial charge in [-0.2, -0.15) is 0 Å². The zero-order valence-corrected chi connectivity index (χ0v) is 9.81. The molecule has 90 valence electrons. The van der Waals surface area contributed by atoms with Crippen LogP contribution < -0.4 is 16.2 Å². The van der Waals surface area contributed by atoms with Crippen LogP contribution >= 0.6 is 11.3 Å². The smallest absolute Gasteiger partial charge is 0.404 e. The summed E-state index contributed by atoms with van der Waals surface area (Å²) in [5.41, 5.74) is 10.5. The Morgan fingerprint density at radius 3 is 2.75 bits per heavy atom. The fraction of sp³-hybridized carbons (Fsp3) is 0.286. The Morgan fingerprint density at radius 1 is 1.56 bits per heavy atom. The van der Waals surface area contributed by atoms with Crippen LogP contribution in [0.3, 0.4) is 0 Å². The highest BCUT2D eigenvalue weighted by molar-refractivity contribution is 7.91. The maximum absolute atomic E-state index is 11.6. The second-order valence-electron chi connectivity index (χ2n) is 2.76. The predicted octanol–water partition coefficient (Wildman–Crippen LogP) is -0.296. The molecule has 16 heavy (non-hydrogen) atoms. The first kappa shape index (κ1) is 12.7. The first-order valence-electron chi connectivity index (χ1n) is 4.18. The van der Waals surface area contributed by atoms with E-state index in [2.05, 4.69) is 9.46 Å². The molecule has 0 aliphatic heterocycles. The third-order valence-corrected chi connectivity index (χ3v) is 4.42. The molecule has 7 nitrogen and oxygen atoms in total. The van der Waals surface area contributed by atoms with E-state index < -0.39 is 16.1 Å². The van der Waals surface area contributed by atoms with E-state index in [1.165, 1.54) is 11.4 Å². The van der Waals surface area contributed by atoms with Crippen molar-refractivity contribution in [1.82, 2.24) is 4.72 Å². The normalized spacial score (nSPS) is 11.2. The van der Waals surface area contributed by atoms with Crippen LogP contribution in [-0.4, -0.2) is 27.7 Å². The molecule has 0 aliphatic rings. The zero-order valence-electron chi connectivity index (χ0n) is 8.17. The lowest BCUT2D eigenvalue weighted by atomic mass is 10.6. The summed E-state index contributed by atoms with van der Waals surface area (Å²) in [4.78, 5) is 10.2. The number of carbonyl (C=O) groups is 1. The van der Waals surface area contributed by atoms with Gasteiger partial charge in [0.05, 0.1) is 0 Å². The number of nitrogen functional groups attached to an aromatic ring is 1. The summed E-state index contributed by atoms with van der Waals surface area (Å²) in [6, 6.07) is 1.35. The fourth-order valence-electron chi connectivity index (χ4n) is 0.870. The van der Waals surface area contributed by atoms with E-state index in [1.54, 1.807) is 0 Å². The van der Waals surface area contributed by atoms with Crippen molar-refractivity contribution in [1.29, 1.82) is 0 Å². The molecule has 0 saturated heterocycles. The molecule has 1 aromatic heterocycles. The van der Waals surface area contributed by atoms with Crippen molar-refractivity contribution < 1.29 is 17.9 Å². The van der Waals surface area contributed by atoms with Gasteiger partial charge in [-0.3, -0.25) is 0 Å². The molecule has 1 rings (SSSR count). The van der Waals surface area contributed by atoms with Crippen molar-refractivity contribution in [3.8, 4) is 0 Å². The summed E-state index contributed by atoms with van der Waals surface area (Å²) in [5, 5.41) is 1.52. The fourth-order valence-corrected chi connectivity index (χ4v) is 3.01. The molecule has 0 aliphatic carbocycles. The lowest BCUT2D eigenvalue weighted by Crippen LogP contribution is -2.28. The van der Waals surface area contributed by atoms with E-state index in [0.717, 1.165) is 11.3 Å². The van der Waals surface area contributed by atoms with Gasteiger partial charge in [0.25, 0.3) is 0 Å². The van der Waals surface area contributed by atoms with Gasteiger partial charge in [-0.25, -0.2) is 17.9 Å². The molecular weight excluding hydrogens is 254 g/mol. The molecule has 0 spiro atoms. The largest absolute Gasteiger partial charge is 0.448 e. The molecule has 0 atom stereocenters. The number of sulfonamides is 1. The lowest BCUT2D eigenvalue weighted by Gasteiger charge is -2.04. The summed E-state index contributed by atoms with van der Waals surface area (Å²) in [5.74, 6) is 0. The number of ether oxygens (including phenoxy) is 1. The van der Waals surface area contributed by atoms with Crippen molar-refractivity contribution in [3.05, 3.63) is 11.4 Å². The van der Waals surface area contributed by atoms with E-state index in [0.29, 0.717) is 5.69 Å². The van der Waals surface area contributed by atoms with E-state index in [1.807, 2.05) is 0 Å². The van der Waals surface area contributed by atoms with Gasteiger partial charge in [-0.05, 0) is 6.07 Å². The lowest BCUT2D eigenvalue weighted by molar-refractivity contribution is 0.159. The molecule has 1 amide bonds. The number of nitrogens with two attached hydrogens (primary N) is 2. The van der Waals surface area contributed by atoms with Gasteiger partial charge in [0.15, 0.2) is 0 Å². The molecular formula is C7H11N3O4S2. The molecule has 1 heterocycles. The van der Waals surface area contributed by atoms with Gasteiger partial charge in [0.2, 0.25) is 10.0 Å². The van der Waals surface area contributed by atoms with Crippen LogP contribution in [0.4, 0.5) is 10.5 Å². The van der Waals surface area contributed by atoms with Crippen LogP contribution in [0, 0.1) is 0 Å². The topological polar surface area (TPSA) is 125 Å². The van der Waals surface area contributed by atoms with Gasteiger partial charge in [0, 0.05) is 17.6 Å². The van der Waals surface area contributed by atoms with Crippen LogP contribution in [0.5, 0.6) is 0 Å². The van der Waals surface area contributed by atoms with Crippen molar-refractivity contribution in [2.75, 3.05) is 18.9 Å². The second kappa shape index (κ2) is 5.14. The van der Waals surface area contributed by atoms with Crippen molar-refractivity contribution in [2.45, 2.75) is 4.21 Å². The van der Waals surface area contributed by atoms with E-state index in [4.69, 9.17) is 11.5 Å². The summed E-state index contributed by atoms with van der Waals surface area (Å²) in [6.45, 7) is -0.154. The Morgan fingerprint density at radius 2 is 2.25 bits per heavy atom. The molecule has 0 saturated carbocycles. The number of carbonyl (C=O) groups excluding carboxylic acids is 1. The van der Waals surface area contributed by atoms with E-state index in [9.17, 15) is 13.2 Å². The number of nitrogens with one attached hydrogen (secondary N) is 1. The van der Waals surface area contributed by atoms with Crippen LogP contribution in [0.25, 0.3) is 0 Å². The molecule has 0 bridgehead atoms. The molecule has 0 fully saturated rings. The number of amides is 1. The Labute approximate surface area is 96.4 Å². The van der Waals surface area contributed by atoms with Crippen molar-refractivity contribution in [3.63, 3.8) is 0 Å². The minimum absolute atomic E-state index is 0.0386. The Hall–Kier alpha value is -1.32. The zero-order chi connectivity index (χ0) is 12.2. The van der Waals surface area contributed by atoms with Crippen LogP contribution in [0.15, 0.2) is 15.7 Å². The van der Waals surface area contributed by atoms with E-state index >= 15 is 0 Å². The summed E-state index contributed by atoms with van der Waals surface area (Å²) in [7, 11) is -3.58. The molecule has 0 radical (unpaired) electrons. The number of thiophene rings is 1. The Balaban J connectivity index is 2.50. The Kier molecular flexibility index (Phi) is 4.10. The quantitative estimate of drug-likeness (QED) is 0.630. The number of anilines is 1. The third-order valence-electron chi connectivity index (χ3n) is 1.50. The van der Waals surface area contributed by atoms with Crippen LogP contribution in [-0.2, 0) is 14.8 Å². The van der Waals surface area contributed by atoms with Gasteiger partial charge in [-0.15, -0.1) is 11.3 Å². The first-order valence-corrected chi connectivity index (χ1v) is 6.54. The van der Waals surface area contributed by atoms with Gasteiger partial charge in [-0.1, -0.05) is 0 Å². The summed E-state index contributed by atoms with van der Waals surface area (Å²) >= 11 is 1.01. The standard InChI is InChI=1S/C7H11N3O4S2/c8-5-3-6(15-4-5)16(12,13)10-1-2-14-7(9)11/h3-4,10H,1-2,8H2,(H2,9,11). The number of rotatable bonds is 5. The molecule has 5 N–H and O–H groups in total. The summed E-state index contributed by atoms with van der Waals surface area (Å²) < 4.78 is 29.8. The first-order chi connectivity index (χ1) is 7.42. The SMILES string of the molecule is NC(=O)OCCNS(=O)(=O)c1cc(N)cs1. The number of primary amides is 1. The average Bonchev–Trinajstić information content (AvgIpc) is 2.60. The summed E-state index contributed by atoms with van der Waals surface area (Å²) in [6.07, 6.45) is -0.945. The monoisotopic (exact) mass is 265 g/mol. The van der Waals surface area contributed by atoms with Crippen LogP contribution in [0.2, 0.25) is 0 Å². The Bertz CT molecular complexity index is 468. The maximum atomic E-state index is 11.6. The van der Waals surface area contributed by atoms with Gasteiger partial charge in [0.1, 0.15) is 10.8 Å². The van der Waals surface area contributed by atoms with Crippen molar-refractivity contribution in [2.24, 2.45) is 5.73 Å².